The summed E-state index contributed by atoms with van der Waals surface area (Å²) in [5.41, 5.74) is 3.26. The molecule has 1 aromatic carbocycles. The fourth-order valence-corrected chi connectivity index (χ4v) is 2.40. The van der Waals surface area contributed by atoms with Gasteiger partial charge in [0.2, 0.25) is 5.75 Å². The zero-order valence-corrected chi connectivity index (χ0v) is 11.4. The molecule has 0 bridgehead atoms. The maximum absolute atomic E-state index is 5.52. The molecule has 1 aliphatic heterocycles. The summed E-state index contributed by atoms with van der Waals surface area (Å²) < 4.78 is 16.3. The Morgan fingerprint density at radius 3 is 2.39 bits per heavy atom. The molecule has 0 aromatic heterocycles. The molecule has 0 unspecified atom stereocenters. The van der Waals surface area contributed by atoms with Gasteiger partial charge in [-0.15, -0.1) is 0 Å². The monoisotopic (exact) mass is 249 g/mol. The molecule has 2 rings (SSSR count). The Labute approximate surface area is 108 Å². The van der Waals surface area contributed by atoms with Crippen LogP contribution in [0.25, 0.3) is 0 Å². The highest BCUT2D eigenvalue weighted by Gasteiger charge is 2.23. The molecule has 4 heteroatoms. The van der Waals surface area contributed by atoms with Crippen LogP contribution >= 0.6 is 0 Å². The summed E-state index contributed by atoms with van der Waals surface area (Å²) in [5.74, 6) is 2.06. The van der Waals surface area contributed by atoms with Gasteiger partial charge in [0.05, 0.1) is 21.3 Å². The number of hydrogen-bond donors (Lipinski definition) is 0. The number of aryl methyl sites for hydroxylation is 1. The van der Waals surface area contributed by atoms with Crippen LogP contribution in [0.2, 0.25) is 0 Å². The Balaban J connectivity index is 2.72. The lowest BCUT2D eigenvalue weighted by molar-refractivity contribution is 0.323. The fraction of sp³-hybridized carbons (Fsp3) is 0.500. The van der Waals surface area contributed by atoms with E-state index in [1.165, 1.54) is 5.56 Å². The first-order valence-corrected chi connectivity index (χ1v) is 6.06. The van der Waals surface area contributed by atoms with Crippen LogP contribution in [0.5, 0.6) is 17.2 Å². The third kappa shape index (κ3) is 2.03. The number of hydrogen-bond acceptors (Lipinski definition) is 4. The first-order valence-electron chi connectivity index (χ1n) is 6.06. The summed E-state index contributed by atoms with van der Waals surface area (Å²) in [6.45, 7) is 2.87. The molecule has 0 saturated heterocycles. The first-order chi connectivity index (χ1) is 8.72. The second kappa shape index (κ2) is 5.29. The summed E-state index contributed by atoms with van der Waals surface area (Å²) in [5, 5.41) is 0. The Morgan fingerprint density at radius 2 is 1.78 bits per heavy atom. The van der Waals surface area contributed by atoms with Crippen LogP contribution in [-0.2, 0) is 6.42 Å². The molecule has 1 aromatic rings. The predicted octanol–water partition coefficient (Wildman–Crippen LogP) is 2.47. The van der Waals surface area contributed by atoms with E-state index in [1.54, 1.807) is 21.3 Å². The van der Waals surface area contributed by atoms with Gasteiger partial charge in [0.1, 0.15) is 0 Å². The minimum atomic E-state index is 0.634. The summed E-state index contributed by atoms with van der Waals surface area (Å²) in [4.78, 5) is 4.54. The molecule has 18 heavy (non-hydrogen) atoms. The Hall–Kier alpha value is -1.71. The van der Waals surface area contributed by atoms with E-state index in [9.17, 15) is 0 Å². The molecule has 0 fully saturated rings. The number of methoxy groups -OCH3 is 3. The number of rotatable bonds is 3. The van der Waals surface area contributed by atoms with Crippen LogP contribution in [0.1, 0.15) is 24.5 Å². The molecule has 0 aliphatic carbocycles. The van der Waals surface area contributed by atoms with Crippen LogP contribution in [0.4, 0.5) is 0 Å². The normalized spacial score (nSPS) is 14.3. The van der Waals surface area contributed by atoms with Crippen LogP contribution in [0, 0.1) is 0 Å². The van der Waals surface area contributed by atoms with Crippen molar-refractivity contribution in [1.82, 2.24) is 0 Å². The van der Waals surface area contributed by atoms with E-state index < -0.39 is 0 Å². The largest absolute Gasteiger partial charge is 0.493 e. The lowest BCUT2D eigenvalue weighted by atomic mass is 9.98. The van der Waals surface area contributed by atoms with Crippen molar-refractivity contribution in [2.75, 3.05) is 27.9 Å². The van der Waals surface area contributed by atoms with Crippen LogP contribution < -0.4 is 14.2 Å². The number of benzene rings is 1. The first kappa shape index (κ1) is 12.7. The molecule has 1 aliphatic rings. The highest BCUT2D eigenvalue weighted by molar-refractivity contribution is 6.04. The highest BCUT2D eigenvalue weighted by Crippen LogP contribution is 2.43. The average Bonchev–Trinajstić information content (AvgIpc) is 2.58. The molecular formula is C14H19NO3. The van der Waals surface area contributed by atoms with E-state index in [4.69, 9.17) is 14.2 Å². The van der Waals surface area contributed by atoms with Crippen molar-refractivity contribution >= 4 is 5.71 Å². The number of nitrogens with zero attached hydrogens (tertiary/aromatic N) is 1. The van der Waals surface area contributed by atoms with Crippen molar-refractivity contribution in [3.05, 3.63) is 17.2 Å². The lowest BCUT2D eigenvalue weighted by Crippen LogP contribution is -2.06. The van der Waals surface area contributed by atoms with Gasteiger partial charge in [-0.2, -0.15) is 0 Å². The van der Waals surface area contributed by atoms with E-state index in [0.717, 1.165) is 36.4 Å². The van der Waals surface area contributed by atoms with E-state index in [2.05, 4.69) is 4.99 Å². The predicted molar refractivity (Wildman–Crippen MR) is 71.5 cm³/mol. The van der Waals surface area contributed by atoms with Gasteiger partial charge in [0, 0.05) is 17.8 Å². The Morgan fingerprint density at radius 1 is 1.06 bits per heavy atom. The smallest absolute Gasteiger partial charge is 0.203 e. The third-order valence-corrected chi connectivity index (χ3v) is 3.23. The maximum atomic E-state index is 5.52. The fourth-order valence-electron chi connectivity index (χ4n) is 2.40. The van der Waals surface area contributed by atoms with E-state index >= 15 is 0 Å². The van der Waals surface area contributed by atoms with Gasteiger partial charge in [-0.1, -0.05) is 0 Å². The van der Waals surface area contributed by atoms with Crippen LogP contribution in [-0.4, -0.2) is 33.6 Å². The number of ether oxygens (including phenoxy) is 3. The van der Waals surface area contributed by atoms with E-state index in [-0.39, 0.29) is 0 Å². The van der Waals surface area contributed by atoms with Crippen molar-refractivity contribution < 1.29 is 14.2 Å². The lowest BCUT2D eigenvalue weighted by Gasteiger charge is -2.18. The minimum Gasteiger partial charge on any atom is -0.493 e. The number of fused-ring (bicyclic) bond motifs is 1. The van der Waals surface area contributed by atoms with E-state index in [0.29, 0.717) is 11.5 Å². The summed E-state index contributed by atoms with van der Waals surface area (Å²) in [6, 6.07) is 2.03. The van der Waals surface area contributed by atoms with Gasteiger partial charge in [0.15, 0.2) is 11.5 Å². The van der Waals surface area contributed by atoms with Crippen LogP contribution in [0.3, 0.4) is 0 Å². The Bertz CT molecular complexity index is 480. The molecule has 1 heterocycles. The van der Waals surface area contributed by atoms with Crippen molar-refractivity contribution in [3.63, 3.8) is 0 Å². The average molecular weight is 249 g/mol. The SMILES string of the molecule is COc1cc2c(c(OC)c1OC)C(C)=NCCC2. The van der Waals surface area contributed by atoms with Gasteiger partial charge in [0.25, 0.3) is 0 Å². The molecule has 0 spiro atoms. The van der Waals surface area contributed by atoms with E-state index in [1.807, 2.05) is 13.0 Å². The molecular weight excluding hydrogens is 230 g/mol. The molecule has 0 atom stereocenters. The second-order valence-electron chi connectivity index (χ2n) is 4.25. The minimum absolute atomic E-state index is 0.634. The standard InChI is InChI=1S/C14H19NO3/c1-9-12-10(6-5-7-15-9)8-11(16-2)13(17-3)14(12)18-4/h8H,5-7H2,1-4H3. The Kier molecular flexibility index (Phi) is 3.75. The van der Waals surface area contributed by atoms with Crippen molar-refractivity contribution in [3.8, 4) is 17.2 Å². The zero-order chi connectivity index (χ0) is 13.1. The quantitative estimate of drug-likeness (QED) is 0.826. The summed E-state index contributed by atoms with van der Waals surface area (Å²) in [7, 11) is 4.91. The second-order valence-corrected chi connectivity index (χ2v) is 4.25. The molecule has 0 saturated carbocycles. The maximum Gasteiger partial charge on any atom is 0.203 e. The van der Waals surface area contributed by atoms with Crippen LogP contribution in [0.15, 0.2) is 11.1 Å². The molecule has 98 valence electrons. The zero-order valence-electron chi connectivity index (χ0n) is 11.4. The van der Waals surface area contributed by atoms with Gasteiger partial charge in [-0.05, 0) is 31.4 Å². The van der Waals surface area contributed by atoms with Gasteiger partial charge >= 0.3 is 0 Å². The summed E-state index contributed by atoms with van der Waals surface area (Å²) >= 11 is 0. The number of aliphatic imine (C=N–C) groups is 1. The van der Waals surface area contributed by atoms with Gasteiger partial charge < -0.3 is 14.2 Å². The van der Waals surface area contributed by atoms with Gasteiger partial charge in [-0.3, -0.25) is 4.99 Å². The summed E-state index contributed by atoms with van der Waals surface area (Å²) in [6.07, 6.45) is 2.02. The molecule has 4 nitrogen and oxygen atoms in total. The topological polar surface area (TPSA) is 40.0 Å². The molecule has 0 N–H and O–H groups in total. The molecule has 0 amide bonds. The third-order valence-electron chi connectivity index (χ3n) is 3.23. The highest BCUT2D eigenvalue weighted by atomic mass is 16.5. The van der Waals surface area contributed by atoms with Crippen molar-refractivity contribution in [2.45, 2.75) is 19.8 Å². The molecule has 0 radical (unpaired) electrons. The van der Waals surface area contributed by atoms with Gasteiger partial charge in [-0.25, -0.2) is 0 Å². The van der Waals surface area contributed by atoms with Crippen molar-refractivity contribution in [2.24, 2.45) is 4.99 Å². The van der Waals surface area contributed by atoms with Crippen molar-refractivity contribution in [1.29, 1.82) is 0 Å².